The molecule has 0 rings (SSSR count). The first-order chi connectivity index (χ1) is 8.67. The van der Waals surface area contributed by atoms with E-state index in [1.54, 1.807) is 14.2 Å². The zero-order valence-electron chi connectivity index (χ0n) is 12.9. The standard InChI is InChI=1S/C14H32N2O2/c1-6-8-15-9-7-13(2)16(10-11-17-4)14(3)12-18-5/h13-15H,6-12H2,1-5H3. The van der Waals surface area contributed by atoms with E-state index in [4.69, 9.17) is 9.47 Å². The summed E-state index contributed by atoms with van der Waals surface area (Å²) in [5.41, 5.74) is 0. The normalized spacial score (nSPS) is 15.0. The fourth-order valence-corrected chi connectivity index (χ4v) is 2.19. The summed E-state index contributed by atoms with van der Waals surface area (Å²) in [4.78, 5) is 2.47. The Hall–Kier alpha value is -0.160. The Balaban J connectivity index is 4.08. The number of nitrogens with zero attached hydrogens (tertiary/aromatic N) is 1. The minimum Gasteiger partial charge on any atom is -0.383 e. The van der Waals surface area contributed by atoms with Crippen LogP contribution in [0.15, 0.2) is 0 Å². The van der Waals surface area contributed by atoms with Gasteiger partial charge in [-0.3, -0.25) is 4.90 Å². The minimum atomic E-state index is 0.436. The minimum absolute atomic E-state index is 0.436. The molecule has 4 nitrogen and oxygen atoms in total. The van der Waals surface area contributed by atoms with Gasteiger partial charge < -0.3 is 14.8 Å². The molecule has 0 aliphatic heterocycles. The van der Waals surface area contributed by atoms with E-state index >= 15 is 0 Å². The highest BCUT2D eigenvalue weighted by atomic mass is 16.5. The zero-order valence-corrected chi connectivity index (χ0v) is 12.9. The van der Waals surface area contributed by atoms with Crippen LogP contribution >= 0.6 is 0 Å². The van der Waals surface area contributed by atoms with Gasteiger partial charge in [-0.2, -0.15) is 0 Å². The summed E-state index contributed by atoms with van der Waals surface area (Å²) >= 11 is 0. The Morgan fingerprint density at radius 2 is 1.78 bits per heavy atom. The molecule has 4 heteroatoms. The van der Waals surface area contributed by atoms with Gasteiger partial charge in [0.1, 0.15) is 0 Å². The Kier molecular flexibility index (Phi) is 11.8. The maximum atomic E-state index is 5.26. The molecule has 2 unspecified atom stereocenters. The lowest BCUT2D eigenvalue weighted by molar-refractivity contribution is 0.0495. The molecule has 1 N–H and O–H groups in total. The van der Waals surface area contributed by atoms with Crippen molar-refractivity contribution in [2.24, 2.45) is 0 Å². The predicted octanol–water partition coefficient (Wildman–Crippen LogP) is 1.75. The maximum Gasteiger partial charge on any atom is 0.0615 e. The second kappa shape index (κ2) is 11.9. The largest absolute Gasteiger partial charge is 0.383 e. The number of nitrogens with one attached hydrogen (secondary N) is 1. The quantitative estimate of drug-likeness (QED) is 0.542. The van der Waals surface area contributed by atoms with Crippen molar-refractivity contribution < 1.29 is 9.47 Å². The molecular weight excluding hydrogens is 228 g/mol. The molecule has 0 fully saturated rings. The maximum absolute atomic E-state index is 5.26. The molecule has 0 aliphatic rings. The molecule has 0 spiro atoms. The molecule has 0 aliphatic carbocycles. The first kappa shape index (κ1) is 17.8. The van der Waals surface area contributed by atoms with Crippen molar-refractivity contribution in [1.82, 2.24) is 10.2 Å². The monoisotopic (exact) mass is 260 g/mol. The van der Waals surface area contributed by atoms with Crippen LogP contribution in [0.5, 0.6) is 0 Å². The SMILES string of the molecule is CCCNCCC(C)N(CCOC)C(C)COC. The molecule has 110 valence electrons. The van der Waals surface area contributed by atoms with E-state index in [0.717, 1.165) is 39.3 Å². The molecule has 0 radical (unpaired) electrons. The second-order valence-electron chi connectivity index (χ2n) is 4.92. The number of ether oxygens (including phenoxy) is 2. The van der Waals surface area contributed by atoms with Crippen molar-refractivity contribution in [3.8, 4) is 0 Å². The van der Waals surface area contributed by atoms with E-state index in [9.17, 15) is 0 Å². The van der Waals surface area contributed by atoms with E-state index in [1.165, 1.54) is 6.42 Å². The topological polar surface area (TPSA) is 33.7 Å². The second-order valence-corrected chi connectivity index (χ2v) is 4.92. The highest BCUT2D eigenvalue weighted by Crippen LogP contribution is 2.09. The summed E-state index contributed by atoms with van der Waals surface area (Å²) in [5, 5.41) is 3.46. The summed E-state index contributed by atoms with van der Waals surface area (Å²) in [6, 6.07) is 0.987. The molecule has 0 saturated carbocycles. The van der Waals surface area contributed by atoms with Gasteiger partial charge in [0.05, 0.1) is 13.2 Å². The number of methoxy groups -OCH3 is 2. The van der Waals surface area contributed by atoms with Gasteiger partial charge in [-0.05, 0) is 39.8 Å². The van der Waals surface area contributed by atoms with Crippen LogP contribution in [0.4, 0.5) is 0 Å². The van der Waals surface area contributed by atoms with Crippen molar-refractivity contribution in [2.45, 2.75) is 45.7 Å². The number of rotatable bonds is 12. The van der Waals surface area contributed by atoms with Crippen LogP contribution in [0.1, 0.15) is 33.6 Å². The van der Waals surface area contributed by atoms with Crippen molar-refractivity contribution in [1.29, 1.82) is 0 Å². The van der Waals surface area contributed by atoms with Crippen LogP contribution in [0.25, 0.3) is 0 Å². The first-order valence-electron chi connectivity index (χ1n) is 7.11. The number of hydrogen-bond acceptors (Lipinski definition) is 4. The summed E-state index contributed by atoms with van der Waals surface area (Å²) < 4.78 is 10.5. The molecule has 0 bridgehead atoms. The molecule has 0 amide bonds. The molecule has 0 aromatic carbocycles. The lowest BCUT2D eigenvalue weighted by Gasteiger charge is -2.34. The average Bonchev–Trinajstić information content (AvgIpc) is 2.35. The van der Waals surface area contributed by atoms with E-state index in [0.29, 0.717) is 12.1 Å². The first-order valence-corrected chi connectivity index (χ1v) is 7.11. The van der Waals surface area contributed by atoms with E-state index in [1.807, 2.05) is 0 Å². The van der Waals surface area contributed by atoms with Crippen LogP contribution in [-0.2, 0) is 9.47 Å². The molecule has 18 heavy (non-hydrogen) atoms. The molecule has 0 heterocycles. The third kappa shape index (κ3) is 8.03. The van der Waals surface area contributed by atoms with Crippen molar-refractivity contribution in [3.63, 3.8) is 0 Å². The molecular formula is C14H32N2O2. The molecule has 0 aromatic heterocycles. The fraction of sp³-hybridized carbons (Fsp3) is 1.00. The van der Waals surface area contributed by atoms with Gasteiger partial charge in [-0.25, -0.2) is 0 Å². The van der Waals surface area contributed by atoms with Crippen LogP contribution in [-0.4, -0.2) is 64.1 Å². The zero-order chi connectivity index (χ0) is 13.8. The molecule has 2 atom stereocenters. The highest BCUT2D eigenvalue weighted by molar-refractivity contribution is 4.74. The van der Waals surface area contributed by atoms with Crippen LogP contribution in [0.2, 0.25) is 0 Å². The highest BCUT2D eigenvalue weighted by Gasteiger charge is 2.19. The Bertz CT molecular complexity index is 179. The summed E-state index contributed by atoms with van der Waals surface area (Å²) in [6.07, 6.45) is 2.36. The average molecular weight is 260 g/mol. The summed E-state index contributed by atoms with van der Waals surface area (Å²) in [5.74, 6) is 0. The molecule has 0 saturated heterocycles. The number of hydrogen-bond donors (Lipinski definition) is 1. The smallest absolute Gasteiger partial charge is 0.0615 e. The van der Waals surface area contributed by atoms with Gasteiger partial charge in [-0.1, -0.05) is 6.92 Å². The third-order valence-corrected chi connectivity index (χ3v) is 3.26. The van der Waals surface area contributed by atoms with Crippen LogP contribution in [0.3, 0.4) is 0 Å². The van der Waals surface area contributed by atoms with Gasteiger partial charge in [0.15, 0.2) is 0 Å². The lowest BCUT2D eigenvalue weighted by Crippen LogP contribution is -2.45. The predicted molar refractivity (Wildman–Crippen MR) is 77.2 cm³/mol. The lowest BCUT2D eigenvalue weighted by atomic mass is 10.1. The van der Waals surface area contributed by atoms with Crippen molar-refractivity contribution >= 4 is 0 Å². The van der Waals surface area contributed by atoms with Gasteiger partial charge >= 0.3 is 0 Å². The van der Waals surface area contributed by atoms with Gasteiger partial charge in [0, 0.05) is 32.8 Å². The van der Waals surface area contributed by atoms with Gasteiger partial charge in [0.2, 0.25) is 0 Å². The van der Waals surface area contributed by atoms with Crippen LogP contribution < -0.4 is 5.32 Å². The van der Waals surface area contributed by atoms with Gasteiger partial charge in [0.25, 0.3) is 0 Å². The summed E-state index contributed by atoms with van der Waals surface area (Å²) in [7, 11) is 3.52. The Morgan fingerprint density at radius 1 is 1.06 bits per heavy atom. The Morgan fingerprint density at radius 3 is 2.33 bits per heavy atom. The van der Waals surface area contributed by atoms with E-state index < -0.39 is 0 Å². The summed E-state index contributed by atoms with van der Waals surface area (Å²) in [6.45, 7) is 11.4. The van der Waals surface area contributed by atoms with E-state index in [-0.39, 0.29) is 0 Å². The van der Waals surface area contributed by atoms with E-state index in [2.05, 4.69) is 31.0 Å². The third-order valence-electron chi connectivity index (χ3n) is 3.26. The molecule has 0 aromatic rings. The van der Waals surface area contributed by atoms with Gasteiger partial charge in [-0.15, -0.1) is 0 Å². The van der Waals surface area contributed by atoms with Crippen LogP contribution in [0, 0.1) is 0 Å². The Labute approximate surface area is 113 Å². The fourth-order valence-electron chi connectivity index (χ4n) is 2.19. The van der Waals surface area contributed by atoms with Crippen molar-refractivity contribution in [3.05, 3.63) is 0 Å². The van der Waals surface area contributed by atoms with Crippen molar-refractivity contribution in [2.75, 3.05) is 47.1 Å².